The molecule has 1 unspecified atom stereocenters. The quantitative estimate of drug-likeness (QED) is 0.569. The van der Waals surface area contributed by atoms with Crippen LogP contribution in [0.4, 0.5) is 0 Å². The highest BCUT2D eigenvalue weighted by molar-refractivity contribution is 5.82. The average molecular weight is 149 g/mol. The maximum atomic E-state index is 11.0. The van der Waals surface area contributed by atoms with Crippen molar-refractivity contribution >= 4 is 5.78 Å². The second-order valence-corrected chi connectivity index (χ2v) is 3.76. The minimum atomic E-state index is -0.225. The second-order valence-electron chi connectivity index (χ2n) is 3.76. The van der Waals surface area contributed by atoms with E-state index < -0.39 is 0 Å². The topological polar surface area (TPSA) is 40.9 Å². The number of hydrogen-bond acceptors (Lipinski definition) is 2. The van der Waals surface area contributed by atoms with Crippen molar-refractivity contribution in [1.82, 2.24) is 0 Å². The van der Waals surface area contributed by atoms with Crippen LogP contribution >= 0.6 is 0 Å². The molecule has 2 fully saturated rings. The summed E-state index contributed by atoms with van der Waals surface area (Å²) in [7, 11) is 0. The van der Waals surface area contributed by atoms with Gasteiger partial charge in [0, 0.05) is 12.8 Å². The summed E-state index contributed by atoms with van der Waals surface area (Å²) >= 11 is 0. The summed E-state index contributed by atoms with van der Waals surface area (Å²) in [4.78, 5) is 11.0. The Balaban J connectivity index is 2.18. The summed E-state index contributed by atoms with van der Waals surface area (Å²) in [5.41, 5.74) is -0.225. The van der Waals surface area contributed by atoms with Crippen LogP contribution in [0.2, 0.25) is 0 Å². The molecule has 2 aliphatic rings. The molecule has 0 saturated heterocycles. The van der Waals surface area contributed by atoms with E-state index in [1.165, 1.54) is 12.8 Å². The van der Waals surface area contributed by atoms with Crippen LogP contribution in [0, 0.1) is 22.7 Å². The molecule has 0 aromatic rings. The first kappa shape index (κ1) is 6.84. The van der Waals surface area contributed by atoms with Crippen LogP contribution in [0.15, 0.2) is 0 Å². The first-order chi connectivity index (χ1) is 5.27. The molecule has 2 heteroatoms. The monoisotopic (exact) mass is 149 g/mol. The number of Topliss-reactive ketones (excluding diaryl/α,β-unsaturated/α-hetero) is 1. The van der Waals surface area contributed by atoms with Gasteiger partial charge in [0.2, 0.25) is 0 Å². The molecule has 11 heavy (non-hydrogen) atoms. The number of hydrogen-bond donors (Lipinski definition) is 0. The highest BCUT2D eigenvalue weighted by Crippen LogP contribution is 2.53. The molecular weight excluding hydrogens is 138 g/mol. The number of nitrogens with zero attached hydrogens (tertiary/aromatic N) is 1. The number of nitriles is 1. The van der Waals surface area contributed by atoms with Crippen molar-refractivity contribution in [2.45, 2.75) is 32.1 Å². The highest BCUT2D eigenvalue weighted by atomic mass is 16.1. The molecule has 2 nitrogen and oxygen atoms in total. The summed E-state index contributed by atoms with van der Waals surface area (Å²) in [6.07, 6.45) is 4.34. The van der Waals surface area contributed by atoms with Gasteiger partial charge in [-0.05, 0) is 25.2 Å². The second kappa shape index (κ2) is 2.07. The third-order valence-electron chi connectivity index (χ3n) is 2.94. The van der Waals surface area contributed by atoms with Crippen LogP contribution in [-0.4, -0.2) is 5.78 Å². The van der Waals surface area contributed by atoms with E-state index in [1.807, 2.05) is 0 Å². The molecular formula is C9H11NO. The van der Waals surface area contributed by atoms with Crippen molar-refractivity contribution in [3.63, 3.8) is 0 Å². The fourth-order valence-electron chi connectivity index (χ4n) is 2.06. The van der Waals surface area contributed by atoms with E-state index in [-0.39, 0.29) is 5.41 Å². The number of carbonyl (C=O) groups is 1. The van der Waals surface area contributed by atoms with Gasteiger partial charge in [-0.15, -0.1) is 0 Å². The van der Waals surface area contributed by atoms with Gasteiger partial charge in [0.1, 0.15) is 5.78 Å². The Labute approximate surface area is 66.2 Å². The van der Waals surface area contributed by atoms with Crippen LogP contribution in [-0.2, 0) is 4.79 Å². The Morgan fingerprint density at radius 3 is 2.64 bits per heavy atom. The smallest absolute Gasteiger partial charge is 0.134 e. The van der Waals surface area contributed by atoms with E-state index in [4.69, 9.17) is 5.26 Å². The van der Waals surface area contributed by atoms with Crippen molar-refractivity contribution in [1.29, 1.82) is 5.26 Å². The molecule has 2 rings (SSSR count). The molecule has 1 atom stereocenters. The van der Waals surface area contributed by atoms with Gasteiger partial charge in [-0.2, -0.15) is 5.26 Å². The van der Waals surface area contributed by atoms with Crippen molar-refractivity contribution in [2.75, 3.05) is 0 Å². The van der Waals surface area contributed by atoms with Gasteiger partial charge in [0.05, 0.1) is 11.5 Å². The van der Waals surface area contributed by atoms with Crippen molar-refractivity contribution in [2.24, 2.45) is 11.3 Å². The van der Waals surface area contributed by atoms with E-state index in [0.29, 0.717) is 24.5 Å². The van der Waals surface area contributed by atoms with Crippen molar-refractivity contribution < 1.29 is 4.79 Å². The zero-order chi connectivity index (χ0) is 7.90. The van der Waals surface area contributed by atoms with Crippen molar-refractivity contribution in [3.8, 4) is 6.07 Å². The van der Waals surface area contributed by atoms with Gasteiger partial charge in [0.25, 0.3) is 0 Å². The molecule has 0 bridgehead atoms. The third kappa shape index (κ3) is 0.956. The molecule has 2 aliphatic carbocycles. The zero-order valence-electron chi connectivity index (χ0n) is 6.47. The fraction of sp³-hybridized carbons (Fsp3) is 0.778. The predicted molar refractivity (Wildman–Crippen MR) is 39.6 cm³/mol. The summed E-state index contributed by atoms with van der Waals surface area (Å²) in [5.74, 6) is 0.845. The lowest BCUT2D eigenvalue weighted by Gasteiger charge is -2.17. The van der Waals surface area contributed by atoms with E-state index in [2.05, 4.69) is 6.07 Å². The van der Waals surface area contributed by atoms with E-state index >= 15 is 0 Å². The maximum Gasteiger partial charge on any atom is 0.134 e. The molecule has 0 amide bonds. The lowest BCUT2D eigenvalue weighted by atomic mass is 9.83. The van der Waals surface area contributed by atoms with E-state index in [9.17, 15) is 4.79 Å². The first-order valence-electron chi connectivity index (χ1n) is 4.20. The number of ketones is 1. The third-order valence-corrected chi connectivity index (χ3v) is 2.94. The van der Waals surface area contributed by atoms with Crippen molar-refractivity contribution in [3.05, 3.63) is 0 Å². The zero-order valence-corrected chi connectivity index (χ0v) is 6.47. The number of rotatable bonds is 1. The van der Waals surface area contributed by atoms with Gasteiger partial charge in [-0.3, -0.25) is 4.79 Å². The summed E-state index contributed by atoms with van der Waals surface area (Å²) in [6.45, 7) is 0. The van der Waals surface area contributed by atoms with Gasteiger partial charge in [-0.1, -0.05) is 0 Å². The highest BCUT2D eigenvalue weighted by Gasteiger charge is 2.49. The fourth-order valence-corrected chi connectivity index (χ4v) is 2.06. The first-order valence-corrected chi connectivity index (χ1v) is 4.20. The molecule has 2 saturated carbocycles. The molecule has 0 aliphatic heterocycles. The maximum absolute atomic E-state index is 11.0. The normalized spacial score (nSPS) is 37.2. The van der Waals surface area contributed by atoms with Gasteiger partial charge < -0.3 is 0 Å². The molecule has 0 aromatic carbocycles. The average Bonchev–Trinajstić information content (AvgIpc) is 2.77. The minimum absolute atomic E-state index is 0.225. The molecule has 0 spiro atoms. The standard InChI is InChI=1S/C9H11NO/c10-6-9(7-1-2-7)4-3-8(11)5-9/h7H,1-5H2. The van der Waals surface area contributed by atoms with Crippen LogP contribution in [0.1, 0.15) is 32.1 Å². The molecule has 0 radical (unpaired) electrons. The summed E-state index contributed by atoms with van der Waals surface area (Å²) in [5, 5.41) is 8.94. The lowest BCUT2D eigenvalue weighted by molar-refractivity contribution is -0.117. The molecule has 0 heterocycles. The van der Waals surface area contributed by atoms with Crippen LogP contribution in [0.5, 0.6) is 0 Å². The van der Waals surface area contributed by atoms with E-state index in [0.717, 1.165) is 6.42 Å². The molecule has 0 aromatic heterocycles. The molecule has 0 N–H and O–H groups in total. The largest absolute Gasteiger partial charge is 0.300 e. The van der Waals surface area contributed by atoms with Gasteiger partial charge in [0.15, 0.2) is 0 Å². The van der Waals surface area contributed by atoms with Gasteiger partial charge in [-0.25, -0.2) is 0 Å². The van der Waals surface area contributed by atoms with Crippen LogP contribution in [0.25, 0.3) is 0 Å². The summed E-state index contributed by atoms with van der Waals surface area (Å²) < 4.78 is 0. The van der Waals surface area contributed by atoms with E-state index in [1.54, 1.807) is 0 Å². The number of carbonyl (C=O) groups excluding carboxylic acids is 1. The Morgan fingerprint density at radius 2 is 2.27 bits per heavy atom. The molecule has 58 valence electrons. The Hall–Kier alpha value is -0.840. The Morgan fingerprint density at radius 1 is 1.55 bits per heavy atom. The minimum Gasteiger partial charge on any atom is -0.300 e. The van der Waals surface area contributed by atoms with Crippen LogP contribution < -0.4 is 0 Å². The Bertz CT molecular complexity index is 236. The lowest BCUT2D eigenvalue weighted by Crippen LogP contribution is -2.16. The summed E-state index contributed by atoms with van der Waals surface area (Å²) in [6, 6.07) is 2.35. The van der Waals surface area contributed by atoms with Crippen LogP contribution in [0.3, 0.4) is 0 Å². The Kier molecular flexibility index (Phi) is 1.29. The predicted octanol–water partition coefficient (Wildman–Crippen LogP) is 1.66. The SMILES string of the molecule is N#CC1(C2CC2)CCC(=O)C1. The van der Waals surface area contributed by atoms with Gasteiger partial charge >= 0.3 is 0 Å².